The Balaban J connectivity index is 1.51. The van der Waals surface area contributed by atoms with E-state index in [0.717, 1.165) is 53.2 Å². The van der Waals surface area contributed by atoms with Crippen LogP contribution in [0, 0.1) is 0 Å². The molecule has 0 bridgehead atoms. The third-order valence-corrected chi connectivity index (χ3v) is 6.72. The summed E-state index contributed by atoms with van der Waals surface area (Å²) in [6, 6.07) is 13.2. The van der Waals surface area contributed by atoms with Gasteiger partial charge in [-0.1, -0.05) is 18.2 Å². The van der Waals surface area contributed by atoms with Crippen LogP contribution in [0.15, 0.2) is 46.9 Å². The molecule has 5 rings (SSSR count). The minimum absolute atomic E-state index is 0.244. The van der Waals surface area contributed by atoms with E-state index in [0.29, 0.717) is 22.7 Å². The van der Waals surface area contributed by atoms with Crippen LogP contribution in [0.3, 0.4) is 0 Å². The molecule has 0 spiro atoms. The van der Waals surface area contributed by atoms with Crippen molar-refractivity contribution in [1.82, 2.24) is 0 Å². The standard InChI is InChI=1S/C24H21NO4S/c1-2-28-24(27)21-16-8-4-6-10-20(16)30-23(21)25-22(26)14-11-12-19-17(13-14)15-7-3-5-9-18(15)29-19/h3,5,7,9,11-13H,2,4,6,8,10H2,1H3,(H,25,26). The number of furan rings is 1. The number of anilines is 1. The number of aryl methyl sites for hydroxylation is 1. The zero-order chi connectivity index (χ0) is 20.7. The van der Waals surface area contributed by atoms with Gasteiger partial charge in [-0.3, -0.25) is 4.79 Å². The number of nitrogens with one attached hydrogen (secondary N) is 1. The first-order valence-electron chi connectivity index (χ1n) is 10.2. The lowest BCUT2D eigenvalue weighted by molar-refractivity contribution is 0.0526. The number of para-hydroxylation sites is 1. The number of carbonyl (C=O) groups excluding carboxylic acids is 2. The van der Waals surface area contributed by atoms with Crippen LogP contribution in [-0.2, 0) is 17.6 Å². The monoisotopic (exact) mass is 419 g/mol. The van der Waals surface area contributed by atoms with Gasteiger partial charge in [0.25, 0.3) is 5.91 Å². The first-order chi connectivity index (χ1) is 14.7. The maximum atomic E-state index is 13.1. The van der Waals surface area contributed by atoms with Crippen LogP contribution in [-0.4, -0.2) is 18.5 Å². The van der Waals surface area contributed by atoms with Gasteiger partial charge in [-0.25, -0.2) is 4.79 Å². The molecule has 0 saturated heterocycles. The summed E-state index contributed by atoms with van der Waals surface area (Å²) in [6.07, 6.45) is 3.94. The van der Waals surface area contributed by atoms with E-state index < -0.39 is 0 Å². The number of fused-ring (bicyclic) bond motifs is 4. The molecule has 6 heteroatoms. The van der Waals surface area contributed by atoms with E-state index in [1.54, 1.807) is 13.0 Å². The Morgan fingerprint density at radius 2 is 1.87 bits per heavy atom. The summed E-state index contributed by atoms with van der Waals surface area (Å²) in [6.45, 7) is 2.10. The highest BCUT2D eigenvalue weighted by atomic mass is 32.1. The summed E-state index contributed by atoms with van der Waals surface area (Å²) in [4.78, 5) is 26.9. The molecule has 4 aromatic rings. The zero-order valence-corrected chi connectivity index (χ0v) is 17.4. The third kappa shape index (κ3) is 3.17. The quantitative estimate of drug-likeness (QED) is 0.415. The molecule has 2 aromatic heterocycles. The van der Waals surface area contributed by atoms with Crippen molar-refractivity contribution in [2.24, 2.45) is 0 Å². The van der Waals surface area contributed by atoms with E-state index in [4.69, 9.17) is 9.15 Å². The van der Waals surface area contributed by atoms with Crippen molar-refractivity contribution in [3.63, 3.8) is 0 Å². The largest absolute Gasteiger partial charge is 0.462 e. The van der Waals surface area contributed by atoms with Crippen LogP contribution in [0.1, 0.15) is 50.9 Å². The van der Waals surface area contributed by atoms with Gasteiger partial charge >= 0.3 is 5.97 Å². The van der Waals surface area contributed by atoms with E-state index in [-0.39, 0.29) is 11.9 Å². The summed E-state index contributed by atoms with van der Waals surface area (Å²) < 4.78 is 11.1. The van der Waals surface area contributed by atoms with Crippen molar-refractivity contribution in [2.75, 3.05) is 11.9 Å². The predicted molar refractivity (Wildman–Crippen MR) is 119 cm³/mol. The van der Waals surface area contributed by atoms with Gasteiger partial charge in [-0.15, -0.1) is 11.3 Å². The lowest BCUT2D eigenvalue weighted by Gasteiger charge is -2.12. The van der Waals surface area contributed by atoms with Gasteiger partial charge < -0.3 is 14.5 Å². The summed E-state index contributed by atoms with van der Waals surface area (Å²) in [5.74, 6) is -0.602. The second-order valence-electron chi connectivity index (χ2n) is 7.40. The highest BCUT2D eigenvalue weighted by Gasteiger charge is 2.27. The molecule has 1 aliphatic rings. The molecular formula is C24H21NO4S. The molecule has 1 N–H and O–H groups in total. The minimum atomic E-state index is -0.358. The van der Waals surface area contributed by atoms with Crippen LogP contribution < -0.4 is 5.32 Å². The van der Waals surface area contributed by atoms with Crippen LogP contribution in [0.25, 0.3) is 21.9 Å². The molecule has 30 heavy (non-hydrogen) atoms. The number of carbonyl (C=O) groups is 2. The van der Waals surface area contributed by atoms with Gasteiger partial charge in [-0.2, -0.15) is 0 Å². The number of thiophene rings is 1. The Morgan fingerprint density at radius 1 is 1.07 bits per heavy atom. The smallest absolute Gasteiger partial charge is 0.341 e. The van der Waals surface area contributed by atoms with Gasteiger partial charge in [0.1, 0.15) is 16.2 Å². The molecule has 152 valence electrons. The Labute approximate surface area is 177 Å². The number of esters is 1. The van der Waals surface area contributed by atoms with Gasteiger partial charge in [0.05, 0.1) is 12.2 Å². The number of ether oxygens (including phenoxy) is 1. The van der Waals surface area contributed by atoms with Crippen molar-refractivity contribution >= 4 is 50.2 Å². The molecule has 2 heterocycles. The summed E-state index contributed by atoms with van der Waals surface area (Å²) in [5.41, 5.74) is 3.62. The van der Waals surface area contributed by atoms with E-state index in [9.17, 15) is 9.59 Å². The van der Waals surface area contributed by atoms with E-state index in [1.807, 2.05) is 36.4 Å². The fourth-order valence-corrected chi connectivity index (χ4v) is 5.39. The van der Waals surface area contributed by atoms with Crippen molar-refractivity contribution in [1.29, 1.82) is 0 Å². The number of hydrogen-bond acceptors (Lipinski definition) is 5. The highest BCUT2D eigenvalue weighted by Crippen LogP contribution is 2.39. The minimum Gasteiger partial charge on any atom is -0.462 e. The maximum absolute atomic E-state index is 13.1. The lowest BCUT2D eigenvalue weighted by Crippen LogP contribution is -2.15. The second-order valence-corrected chi connectivity index (χ2v) is 8.50. The van der Waals surface area contributed by atoms with Crippen molar-refractivity contribution in [3.8, 4) is 0 Å². The summed E-state index contributed by atoms with van der Waals surface area (Å²) in [7, 11) is 0. The van der Waals surface area contributed by atoms with E-state index >= 15 is 0 Å². The van der Waals surface area contributed by atoms with Crippen molar-refractivity contribution < 1.29 is 18.7 Å². The molecule has 0 radical (unpaired) electrons. The van der Waals surface area contributed by atoms with Gasteiger partial charge in [0, 0.05) is 21.2 Å². The topological polar surface area (TPSA) is 68.5 Å². The molecule has 5 nitrogen and oxygen atoms in total. The first-order valence-corrected chi connectivity index (χ1v) is 11.0. The molecule has 0 unspecified atom stereocenters. The Hall–Kier alpha value is -3.12. The highest BCUT2D eigenvalue weighted by molar-refractivity contribution is 7.17. The lowest BCUT2D eigenvalue weighted by atomic mass is 9.95. The summed E-state index contributed by atoms with van der Waals surface area (Å²) in [5, 5.41) is 5.43. The fourth-order valence-electron chi connectivity index (χ4n) is 4.12. The average molecular weight is 420 g/mol. The SMILES string of the molecule is CCOC(=O)c1c(NC(=O)c2ccc3oc4ccccc4c3c2)sc2c1CCCC2. The van der Waals surface area contributed by atoms with Gasteiger partial charge in [0.15, 0.2) is 0 Å². The fraction of sp³-hybridized carbons (Fsp3) is 0.250. The second kappa shape index (κ2) is 7.61. The number of hydrogen-bond donors (Lipinski definition) is 1. The first kappa shape index (κ1) is 18.9. The van der Waals surface area contributed by atoms with Gasteiger partial charge in [0.2, 0.25) is 0 Å². The molecule has 0 atom stereocenters. The Bertz CT molecular complexity index is 1280. The molecule has 0 aliphatic heterocycles. The molecule has 2 aromatic carbocycles. The molecule has 0 fully saturated rings. The Morgan fingerprint density at radius 3 is 2.73 bits per heavy atom. The van der Waals surface area contributed by atoms with Crippen LogP contribution in [0.4, 0.5) is 5.00 Å². The van der Waals surface area contributed by atoms with Crippen molar-refractivity contribution in [2.45, 2.75) is 32.6 Å². The number of amides is 1. The predicted octanol–water partition coefficient (Wildman–Crippen LogP) is 5.96. The normalized spacial score (nSPS) is 13.4. The number of benzene rings is 2. The van der Waals surface area contributed by atoms with Crippen LogP contribution in [0.2, 0.25) is 0 Å². The van der Waals surface area contributed by atoms with Crippen LogP contribution in [0.5, 0.6) is 0 Å². The molecule has 0 saturated carbocycles. The third-order valence-electron chi connectivity index (χ3n) is 5.52. The maximum Gasteiger partial charge on any atom is 0.341 e. The van der Waals surface area contributed by atoms with Crippen LogP contribution >= 0.6 is 11.3 Å². The molecule has 1 amide bonds. The summed E-state index contributed by atoms with van der Waals surface area (Å²) >= 11 is 1.50. The van der Waals surface area contributed by atoms with Crippen molar-refractivity contribution in [3.05, 3.63) is 64.0 Å². The Kier molecular flexibility index (Phi) is 4.79. The average Bonchev–Trinajstić information content (AvgIpc) is 3.31. The molecule has 1 aliphatic carbocycles. The van der Waals surface area contributed by atoms with Gasteiger partial charge in [-0.05, 0) is 62.4 Å². The van der Waals surface area contributed by atoms with E-state index in [2.05, 4.69) is 5.32 Å². The number of rotatable bonds is 4. The van der Waals surface area contributed by atoms with E-state index in [1.165, 1.54) is 16.2 Å². The zero-order valence-electron chi connectivity index (χ0n) is 16.6. The molecular weight excluding hydrogens is 398 g/mol.